The van der Waals surface area contributed by atoms with Gasteiger partial charge in [0.1, 0.15) is 11.2 Å². The van der Waals surface area contributed by atoms with Gasteiger partial charge >= 0.3 is 0 Å². The highest BCUT2D eigenvalue weighted by atomic mass is 32.1. The van der Waals surface area contributed by atoms with Gasteiger partial charge in [-0.25, -0.2) is 9.97 Å². The van der Waals surface area contributed by atoms with Crippen LogP contribution in [0.4, 0.5) is 0 Å². The molecule has 50 heavy (non-hydrogen) atoms. The minimum Gasteiger partial charge on any atom is -0.456 e. The molecular formula is C46H32N2OS. The van der Waals surface area contributed by atoms with E-state index < -0.39 is 0 Å². The Balaban J connectivity index is 1.08. The van der Waals surface area contributed by atoms with Crippen LogP contribution in [0.2, 0.25) is 0 Å². The Morgan fingerprint density at radius 2 is 1.32 bits per heavy atom. The fraction of sp³-hybridized carbons (Fsp3) is 0.130. The van der Waals surface area contributed by atoms with Crippen molar-refractivity contribution in [3.63, 3.8) is 0 Å². The highest BCUT2D eigenvalue weighted by molar-refractivity contribution is 7.26. The van der Waals surface area contributed by atoms with Crippen LogP contribution < -0.4 is 0 Å². The lowest BCUT2D eigenvalue weighted by atomic mass is 9.66. The van der Waals surface area contributed by atoms with E-state index in [0.29, 0.717) is 0 Å². The Morgan fingerprint density at radius 3 is 2.24 bits per heavy atom. The predicted molar refractivity (Wildman–Crippen MR) is 208 cm³/mol. The largest absolute Gasteiger partial charge is 0.456 e. The molecule has 6 aromatic carbocycles. The zero-order chi connectivity index (χ0) is 32.8. The third-order valence-electron chi connectivity index (χ3n) is 11.3. The molecule has 2 aliphatic rings. The summed E-state index contributed by atoms with van der Waals surface area (Å²) >= 11 is 1.76. The average molecular weight is 661 g/mol. The van der Waals surface area contributed by atoms with Gasteiger partial charge in [-0.15, -0.1) is 11.3 Å². The summed E-state index contributed by atoms with van der Waals surface area (Å²) in [4.78, 5) is 10.3. The van der Waals surface area contributed by atoms with Crippen LogP contribution in [0.5, 0.6) is 0 Å². The van der Waals surface area contributed by atoms with Crippen molar-refractivity contribution in [2.24, 2.45) is 0 Å². The van der Waals surface area contributed by atoms with Crippen molar-refractivity contribution in [3.8, 4) is 44.9 Å². The number of furan rings is 1. The molecule has 0 aliphatic heterocycles. The van der Waals surface area contributed by atoms with Gasteiger partial charge < -0.3 is 4.42 Å². The number of hydrogen-bond acceptors (Lipinski definition) is 4. The van der Waals surface area contributed by atoms with Crippen LogP contribution in [-0.4, -0.2) is 9.97 Å². The Morgan fingerprint density at radius 1 is 0.540 bits per heavy atom. The van der Waals surface area contributed by atoms with Gasteiger partial charge in [-0.3, -0.25) is 0 Å². The monoisotopic (exact) mass is 660 g/mol. The average Bonchev–Trinajstić information content (AvgIpc) is 3.83. The Labute approximate surface area is 293 Å². The first kappa shape index (κ1) is 28.3. The minimum absolute atomic E-state index is 0.0899. The third kappa shape index (κ3) is 4.03. The van der Waals surface area contributed by atoms with Crippen molar-refractivity contribution < 1.29 is 4.42 Å². The van der Waals surface area contributed by atoms with Crippen molar-refractivity contribution in [1.29, 1.82) is 0 Å². The maximum atomic E-state index is 6.62. The molecular weight excluding hydrogens is 629 g/mol. The molecule has 0 radical (unpaired) electrons. The SMILES string of the molecule is c1ccc(-c2nc(-c3ccc4oc5cc(-c6cccc7c6C6(CCCCC6)c6ccccc6-7)ccc5c4c3)c3sc4ccccc4c3n2)cc1. The van der Waals surface area contributed by atoms with Gasteiger partial charge in [0.05, 0.1) is 15.9 Å². The number of fused-ring (bicyclic) bond motifs is 11. The van der Waals surface area contributed by atoms with Crippen molar-refractivity contribution >= 4 is 53.6 Å². The van der Waals surface area contributed by atoms with Gasteiger partial charge in [0, 0.05) is 37.4 Å². The van der Waals surface area contributed by atoms with Crippen molar-refractivity contribution in [3.05, 3.63) is 145 Å². The normalized spacial score (nSPS) is 15.0. The molecule has 11 rings (SSSR count). The molecule has 0 saturated heterocycles. The Hall–Kier alpha value is -5.58. The molecule has 2 aliphatic carbocycles. The summed E-state index contributed by atoms with van der Waals surface area (Å²) in [6.45, 7) is 0. The fourth-order valence-corrected chi connectivity index (χ4v) is 10.2. The molecule has 238 valence electrons. The molecule has 0 unspecified atom stereocenters. The van der Waals surface area contributed by atoms with Crippen LogP contribution in [0.3, 0.4) is 0 Å². The van der Waals surface area contributed by atoms with Crippen molar-refractivity contribution in [1.82, 2.24) is 9.97 Å². The van der Waals surface area contributed by atoms with Gasteiger partial charge in [0.15, 0.2) is 5.82 Å². The first-order chi connectivity index (χ1) is 24.7. The summed E-state index contributed by atoms with van der Waals surface area (Å²) in [5.41, 5.74) is 14.4. The lowest BCUT2D eigenvalue weighted by Gasteiger charge is -2.37. The van der Waals surface area contributed by atoms with Crippen LogP contribution in [0.15, 0.2) is 138 Å². The van der Waals surface area contributed by atoms with Crippen LogP contribution in [0, 0.1) is 0 Å². The summed E-state index contributed by atoms with van der Waals surface area (Å²) in [5.74, 6) is 0.742. The van der Waals surface area contributed by atoms with E-state index in [-0.39, 0.29) is 5.41 Å². The van der Waals surface area contributed by atoms with Gasteiger partial charge in [0.25, 0.3) is 0 Å². The van der Waals surface area contributed by atoms with Crippen molar-refractivity contribution in [2.75, 3.05) is 0 Å². The van der Waals surface area contributed by atoms with Crippen LogP contribution in [-0.2, 0) is 5.41 Å². The molecule has 0 N–H and O–H groups in total. The Bertz CT molecular complexity index is 2800. The van der Waals surface area contributed by atoms with E-state index in [1.54, 1.807) is 11.3 Å². The molecule has 9 aromatic rings. The molecule has 0 atom stereocenters. The molecule has 1 spiro atoms. The number of rotatable bonds is 3. The maximum absolute atomic E-state index is 6.62. The molecule has 1 fully saturated rings. The maximum Gasteiger partial charge on any atom is 0.160 e. The van der Waals surface area contributed by atoms with Gasteiger partial charge in [-0.2, -0.15) is 0 Å². The highest BCUT2D eigenvalue weighted by Crippen LogP contribution is 2.58. The summed E-state index contributed by atoms with van der Waals surface area (Å²) in [6.07, 6.45) is 6.31. The molecule has 4 heteroatoms. The number of benzene rings is 6. The van der Waals surface area contributed by atoms with E-state index in [1.807, 2.05) is 18.2 Å². The summed E-state index contributed by atoms with van der Waals surface area (Å²) in [7, 11) is 0. The van der Waals surface area contributed by atoms with E-state index in [9.17, 15) is 0 Å². The van der Waals surface area contributed by atoms with Gasteiger partial charge in [-0.05, 0) is 82.6 Å². The smallest absolute Gasteiger partial charge is 0.160 e. The quantitative estimate of drug-likeness (QED) is 0.189. The number of hydrogen-bond donors (Lipinski definition) is 0. The lowest BCUT2D eigenvalue weighted by molar-refractivity contribution is 0.353. The topological polar surface area (TPSA) is 38.9 Å². The van der Waals surface area contributed by atoms with E-state index in [1.165, 1.54) is 75.6 Å². The minimum atomic E-state index is 0.0899. The van der Waals surface area contributed by atoms with Gasteiger partial charge in [-0.1, -0.05) is 116 Å². The zero-order valence-electron chi connectivity index (χ0n) is 27.4. The Kier molecular flexibility index (Phi) is 6.06. The second-order valence-corrected chi connectivity index (χ2v) is 15.0. The van der Waals surface area contributed by atoms with Crippen LogP contribution >= 0.6 is 11.3 Å². The first-order valence-corrected chi connectivity index (χ1v) is 18.5. The third-order valence-corrected chi connectivity index (χ3v) is 12.5. The van der Waals surface area contributed by atoms with Crippen molar-refractivity contribution in [2.45, 2.75) is 37.5 Å². The molecule has 0 bridgehead atoms. The summed E-state index contributed by atoms with van der Waals surface area (Å²) in [5, 5.41) is 3.40. The van der Waals surface area contributed by atoms with Crippen LogP contribution in [0.25, 0.3) is 87.1 Å². The highest BCUT2D eigenvalue weighted by Gasteiger charge is 2.45. The molecule has 3 heterocycles. The summed E-state index contributed by atoms with van der Waals surface area (Å²) < 4.78 is 8.95. The fourth-order valence-electron chi connectivity index (χ4n) is 9.07. The number of nitrogens with zero attached hydrogens (tertiary/aromatic N) is 2. The van der Waals surface area contributed by atoms with Crippen LogP contribution in [0.1, 0.15) is 43.2 Å². The molecule has 1 saturated carbocycles. The van der Waals surface area contributed by atoms with Gasteiger partial charge in [0.2, 0.25) is 0 Å². The molecule has 3 aromatic heterocycles. The van der Waals surface area contributed by atoms with E-state index in [2.05, 4.69) is 115 Å². The molecule has 0 amide bonds. The lowest BCUT2D eigenvalue weighted by Crippen LogP contribution is -2.28. The number of aromatic nitrogens is 2. The standard InChI is InChI=1S/C46H32N2OS/c1-3-12-28(13-4-1)45-47-42(44-43(48-45)35-15-6-8-19-40(35)50-44)30-21-23-38-36(26-30)33-22-20-29(27-39(33)49-38)31-16-11-17-34-32-14-5-7-18-37(32)46(41(31)34)24-9-2-10-25-46/h1,3-8,11-23,26-27H,2,9-10,24-25H2. The van der Waals surface area contributed by atoms with E-state index in [0.717, 1.165) is 54.8 Å². The summed E-state index contributed by atoms with van der Waals surface area (Å²) in [6, 6.07) is 48.2. The zero-order valence-corrected chi connectivity index (χ0v) is 28.3. The second-order valence-electron chi connectivity index (χ2n) is 14.0. The first-order valence-electron chi connectivity index (χ1n) is 17.7. The van der Waals surface area contributed by atoms with E-state index in [4.69, 9.17) is 14.4 Å². The number of thiophene rings is 1. The predicted octanol–water partition coefficient (Wildman–Crippen LogP) is 13.0. The second kappa shape index (κ2) is 10.7. The molecule has 3 nitrogen and oxygen atoms in total. The van der Waals surface area contributed by atoms with E-state index >= 15 is 0 Å².